The maximum atomic E-state index is 12.8. The second-order valence-electron chi connectivity index (χ2n) is 6.67. The number of esters is 1. The van der Waals surface area contributed by atoms with Crippen molar-refractivity contribution in [1.82, 2.24) is 4.31 Å². The number of ether oxygens (including phenoxy) is 1. The highest BCUT2D eigenvalue weighted by atomic mass is 32.2. The molecular weight excluding hydrogens is 448 g/mol. The molecule has 0 bridgehead atoms. The minimum Gasteiger partial charge on any atom is -0.465 e. The van der Waals surface area contributed by atoms with Crippen molar-refractivity contribution in [2.75, 3.05) is 25.5 Å². The highest BCUT2D eigenvalue weighted by Gasteiger charge is 2.24. The highest BCUT2D eigenvalue weighted by molar-refractivity contribution is 7.89. The first kappa shape index (κ1) is 23.4. The third-order valence-corrected chi connectivity index (χ3v) is 7.56. The Morgan fingerprint density at radius 3 is 2.28 bits per heavy atom. The number of benzene rings is 2. The smallest absolute Gasteiger partial charge is 0.341 e. The molecule has 1 amide bonds. The van der Waals surface area contributed by atoms with Gasteiger partial charge in [0.15, 0.2) is 0 Å². The molecule has 1 heterocycles. The molecule has 1 aromatic heterocycles. The number of thiophene rings is 1. The van der Waals surface area contributed by atoms with Crippen LogP contribution >= 0.6 is 11.3 Å². The Morgan fingerprint density at radius 2 is 1.69 bits per heavy atom. The Hall–Kier alpha value is -3.27. The van der Waals surface area contributed by atoms with Crippen LogP contribution in [0.5, 0.6) is 0 Å². The number of carbonyl (C=O) groups excluding carboxylic acids is 2. The quantitative estimate of drug-likeness (QED) is 0.372. The van der Waals surface area contributed by atoms with Crippen LogP contribution in [0.4, 0.5) is 5.00 Å². The van der Waals surface area contributed by atoms with E-state index in [0.29, 0.717) is 10.4 Å². The van der Waals surface area contributed by atoms with Crippen molar-refractivity contribution < 1.29 is 22.7 Å². The fourth-order valence-corrected chi connectivity index (χ4v) is 5.57. The van der Waals surface area contributed by atoms with E-state index in [-0.39, 0.29) is 29.1 Å². The molecule has 0 saturated carbocycles. The van der Waals surface area contributed by atoms with Crippen molar-refractivity contribution in [3.05, 3.63) is 85.0 Å². The topological polar surface area (TPSA) is 92.8 Å². The molecule has 3 rings (SSSR count). The van der Waals surface area contributed by atoms with Gasteiger partial charge in [0.25, 0.3) is 5.91 Å². The molecule has 0 saturated heterocycles. The molecule has 166 valence electrons. The highest BCUT2D eigenvalue weighted by Crippen LogP contribution is 2.36. The van der Waals surface area contributed by atoms with Gasteiger partial charge in [0.05, 0.1) is 12.0 Å². The van der Waals surface area contributed by atoms with Crippen molar-refractivity contribution in [1.29, 1.82) is 0 Å². The summed E-state index contributed by atoms with van der Waals surface area (Å²) in [5, 5.41) is 3.79. The number of nitrogens with zero attached hydrogens (tertiary/aromatic N) is 1. The summed E-state index contributed by atoms with van der Waals surface area (Å²) in [6.07, 6.45) is 2.99. The standard InChI is InChI=1S/C23H22N2O5S2/c1-4-14-25(15-5-2)32(28,29)17-12-10-16(11-13-17)21(26)24-22-20(23(27)30-3)18-8-6-7-9-19(18)31-22/h4-13H,1-2,14-15H2,3H3,(H,24,26). The van der Waals surface area contributed by atoms with Crippen LogP contribution in [0.2, 0.25) is 0 Å². The van der Waals surface area contributed by atoms with E-state index in [2.05, 4.69) is 18.5 Å². The van der Waals surface area contributed by atoms with E-state index in [4.69, 9.17) is 4.74 Å². The van der Waals surface area contributed by atoms with Crippen LogP contribution in [0.1, 0.15) is 20.7 Å². The van der Waals surface area contributed by atoms with Crippen LogP contribution in [-0.4, -0.2) is 44.8 Å². The average Bonchev–Trinajstić information content (AvgIpc) is 3.16. The summed E-state index contributed by atoms with van der Waals surface area (Å²) in [7, 11) is -2.49. The number of amides is 1. The van der Waals surface area contributed by atoms with Gasteiger partial charge in [-0.05, 0) is 30.3 Å². The molecule has 1 N–H and O–H groups in total. The second-order valence-corrected chi connectivity index (χ2v) is 9.66. The largest absolute Gasteiger partial charge is 0.465 e. The summed E-state index contributed by atoms with van der Waals surface area (Å²) >= 11 is 1.26. The van der Waals surface area contributed by atoms with Gasteiger partial charge in [-0.2, -0.15) is 4.31 Å². The average molecular weight is 471 g/mol. The van der Waals surface area contributed by atoms with Gasteiger partial charge in [0.2, 0.25) is 10.0 Å². The summed E-state index contributed by atoms with van der Waals surface area (Å²) in [4.78, 5) is 25.2. The Labute approximate surface area is 190 Å². The lowest BCUT2D eigenvalue weighted by atomic mass is 10.1. The van der Waals surface area contributed by atoms with E-state index in [9.17, 15) is 18.0 Å². The first-order chi connectivity index (χ1) is 15.3. The number of methoxy groups -OCH3 is 1. The maximum absolute atomic E-state index is 12.8. The number of anilines is 1. The summed E-state index contributed by atoms with van der Waals surface area (Å²) in [6, 6.07) is 12.9. The molecule has 3 aromatic rings. The first-order valence-corrected chi connectivity index (χ1v) is 11.8. The molecule has 0 aliphatic rings. The minimum absolute atomic E-state index is 0.0508. The predicted molar refractivity (Wildman–Crippen MR) is 127 cm³/mol. The number of rotatable bonds is 9. The monoisotopic (exact) mass is 470 g/mol. The molecular formula is C23H22N2O5S2. The van der Waals surface area contributed by atoms with Crippen molar-refractivity contribution in [3.8, 4) is 0 Å². The van der Waals surface area contributed by atoms with E-state index >= 15 is 0 Å². The van der Waals surface area contributed by atoms with Gasteiger partial charge in [0, 0.05) is 28.7 Å². The van der Waals surface area contributed by atoms with Crippen molar-refractivity contribution >= 4 is 48.3 Å². The Morgan fingerprint density at radius 1 is 1.06 bits per heavy atom. The van der Waals surface area contributed by atoms with E-state index in [0.717, 1.165) is 4.70 Å². The number of nitrogens with one attached hydrogen (secondary N) is 1. The minimum atomic E-state index is -3.77. The zero-order valence-corrected chi connectivity index (χ0v) is 19.0. The SMILES string of the molecule is C=CCN(CC=C)S(=O)(=O)c1ccc(C(=O)Nc2sc3ccccc3c2C(=O)OC)cc1. The molecule has 9 heteroatoms. The molecule has 0 fully saturated rings. The first-order valence-electron chi connectivity index (χ1n) is 9.56. The van der Waals surface area contributed by atoms with Gasteiger partial charge in [-0.3, -0.25) is 4.79 Å². The summed E-state index contributed by atoms with van der Waals surface area (Å²) in [5.41, 5.74) is 0.529. The molecule has 2 aromatic carbocycles. The second kappa shape index (κ2) is 9.90. The zero-order valence-electron chi connectivity index (χ0n) is 17.4. The van der Waals surface area contributed by atoms with E-state index in [1.807, 2.05) is 12.1 Å². The molecule has 0 aliphatic heterocycles. The Bertz CT molecular complexity index is 1270. The van der Waals surface area contributed by atoms with Crippen LogP contribution in [-0.2, 0) is 14.8 Å². The number of carbonyl (C=O) groups is 2. The number of hydrogen-bond donors (Lipinski definition) is 1. The van der Waals surface area contributed by atoms with Gasteiger partial charge >= 0.3 is 5.97 Å². The van der Waals surface area contributed by atoms with E-state index in [1.165, 1.54) is 59.2 Å². The number of fused-ring (bicyclic) bond motifs is 1. The lowest BCUT2D eigenvalue weighted by Gasteiger charge is -2.19. The molecule has 0 aliphatic carbocycles. The molecule has 32 heavy (non-hydrogen) atoms. The Kier molecular flexibility index (Phi) is 7.24. The molecule has 0 unspecified atom stereocenters. The summed E-state index contributed by atoms with van der Waals surface area (Å²) in [5.74, 6) is -1.02. The lowest BCUT2D eigenvalue weighted by molar-refractivity contribution is 0.0604. The van der Waals surface area contributed by atoms with Crippen LogP contribution in [0.3, 0.4) is 0 Å². The summed E-state index contributed by atoms with van der Waals surface area (Å²) < 4.78 is 32.6. The van der Waals surface area contributed by atoms with Crippen LogP contribution in [0, 0.1) is 0 Å². The van der Waals surface area contributed by atoms with Gasteiger partial charge in [0.1, 0.15) is 10.6 Å². The van der Waals surface area contributed by atoms with Crippen molar-refractivity contribution in [3.63, 3.8) is 0 Å². The van der Waals surface area contributed by atoms with Gasteiger partial charge in [-0.25, -0.2) is 13.2 Å². The number of hydrogen-bond acceptors (Lipinski definition) is 6. The van der Waals surface area contributed by atoms with Gasteiger partial charge in [-0.1, -0.05) is 30.4 Å². The van der Waals surface area contributed by atoms with Gasteiger partial charge < -0.3 is 10.1 Å². The fourth-order valence-electron chi connectivity index (χ4n) is 3.10. The van der Waals surface area contributed by atoms with Gasteiger partial charge in [-0.15, -0.1) is 24.5 Å². The lowest BCUT2D eigenvalue weighted by Crippen LogP contribution is -2.31. The molecule has 7 nitrogen and oxygen atoms in total. The van der Waals surface area contributed by atoms with Crippen LogP contribution < -0.4 is 5.32 Å². The zero-order chi connectivity index (χ0) is 23.3. The third-order valence-electron chi connectivity index (χ3n) is 4.63. The fraction of sp³-hybridized carbons (Fsp3) is 0.130. The number of sulfonamides is 1. The molecule has 0 atom stereocenters. The third kappa shape index (κ3) is 4.64. The predicted octanol–water partition coefficient (Wildman–Crippen LogP) is 4.30. The molecule has 0 spiro atoms. The van der Waals surface area contributed by atoms with E-state index < -0.39 is 21.9 Å². The Balaban J connectivity index is 1.88. The van der Waals surface area contributed by atoms with E-state index in [1.54, 1.807) is 12.1 Å². The normalized spacial score (nSPS) is 11.3. The summed E-state index contributed by atoms with van der Waals surface area (Å²) in [6.45, 7) is 7.44. The van der Waals surface area contributed by atoms with Crippen LogP contribution in [0.25, 0.3) is 10.1 Å². The van der Waals surface area contributed by atoms with Crippen molar-refractivity contribution in [2.24, 2.45) is 0 Å². The molecule has 0 radical (unpaired) electrons. The maximum Gasteiger partial charge on any atom is 0.341 e. The van der Waals surface area contributed by atoms with Crippen LogP contribution in [0.15, 0.2) is 78.7 Å². The van der Waals surface area contributed by atoms with Crippen molar-refractivity contribution in [2.45, 2.75) is 4.90 Å².